The molecule has 1 aliphatic rings. The molecule has 0 fully saturated rings. The van der Waals surface area contributed by atoms with E-state index in [-0.39, 0.29) is 28.6 Å². The Morgan fingerprint density at radius 2 is 1.54 bits per heavy atom. The Labute approximate surface area is 204 Å². The maximum absolute atomic E-state index is 13.3. The minimum atomic E-state index is -4.50. The third-order valence-corrected chi connectivity index (χ3v) is 7.14. The lowest BCUT2D eigenvalue weighted by Crippen LogP contribution is -2.33. The predicted molar refractivity (Wildman–Crippen MR) is 135 cm³/mol. The third kappa shape index (κ3) is 5.00. The van der Waals surface area contributed by atoms with Crippen LogP contribution < -0.4 is 0 Å². The summed E-state index contributed by atoms with van der Waals surface area (Å²) in [4.78, 5) is 12.7. The molecular weight excluding hydrogens is 449 g/mol. The lowest BCUT2D eigenvalue weighted by molar-refractivity contribution is -0.138. The van der Waals surface area contributed by atoms with Gasteiger partial charge in [-0.2, -0.15) is 13.2 Å². The van der Waals surface area contributed by atoms with Crippen molar-refractivity contribution in [1.29, 1.82) is 0 Å². The molecule has 0 bridgehead atoms. The molecule has 3 aromatic rings. The van der Waals surface area contributed by atoms with Crippen LogP contribution in [0.2, 0.25) is 0 Å². The topological polar surface area (TPSA) is 26.3 Å². The lowest BCUT2D eigenvalue weighted by Gasteiger charge is -2.42. The minimum Gasteiger partial charge on any atom is -0.462 e. The fourth-order valence-electron chi connectivity index (χ4n) is 4.92. The number of esters is 1. The van der Waals surface area contributed by atoms with Crippen molar-refractivity contribution in [3.8, 4) is 0 Å². The molecule has 2 nitrogen and oxygen atoms in total. The van der Waals surface area contributed by atoms with E-state index >= 15 is 0 Å². The zero-order valence-electron chi connectivity index (χ0n) is 20.8. The highest BCUT2D eigenvalue weighted by Gasteiger charge is 2.37. The molecule has 0 atom stereocenters. The smallest absolute Gasteiger partial charge is 0.416 e. The van der Waals surface area contributed by atoms with E-state index in [4.69, 9.17) is 4.74 Å². The standard InChI is InChI=1S/C30H31F3O2/c1-6-35-27(34)24(21-8-7-9-23(16-21)30(31,32)33)15-19-10-11-20-17-25-26(18-22(20)14-19)29(4,5)13-12-28(25,2)3/h7-11,14-18H,6,12-13H2,1-5H3/b24-15+. The fraction of sp³-hybridized carbons (Fsp3) is 0.367. The van der Waals surface area contributed by atoms with Gasteiger partial charge in [-0.05, 0) is 87.9 Å². The van der Waals surface area contributed by atoms with E-state index in [0.717, 1.165) is 41.3 Å². The van der Waals surface area contributed by atoms with E-state index in [1.807, 2.05) is 18.2 Å². The Bertz CT molecular complexity index is 1310. The molecule has 0 saturated carbocycles. The number of fused-ring (bicyclic) bond motifs is 2. The highest BCUT2D eigenvalue weighted by Crippen LogP contribution is 2.47. The van der Waals surface area contributed by atoms with Crippen LogP contribution >= 0.6 is 0 Å². The summed E-state index contributed by atoms with van der Waals surface area (Å²) in [7, 11) is 0. The Morgan fingerprint density at radius 3 is 2.14 bits per heavy atom. The van der Waals surface area contributed by atoms with Gasteiger partial charge in [0.05, 0.1) is 17.7 Å². The summed E-state index contributed by atoms with van der Waals surface area (Å²) in [6.07, 6.45) is -0.667. The molecule has 3 aromatic carbocycles. The SMILES string of the molecule is CCOC(=O)/C(=C/c1ccc2cc3c(cc2c1)C(C)(C)CCC3(C)C)c1cccc(C(F)(F)F)c1. The molecule has 0 radical (unpaired) electrons. The summed E-state index contributed by atoms with van der Waals surface area (Å²) in [5, 5.41) is 2.14. The Kier molecular flexibility index (Phi) is 6.33. The van der Waals surface area contributed by atoms with Crippen LogP contribution in [0.15, 0.2) is 54.6 Å². The predicted octanol–water partition coefficient (Wildman–Crippen LogP) is 8.31. The highest BCUT2D eigenvalue weighted by molar-refractivity contribution is 6.21. The molecule has 1 aliphatic carbocycles. The zero-order chi connectivity index (χ0) is 25.6. The Balaban J connectivity index is 1.85. The first-order valence-electron chi connectivity index (χ1n) is 12.0. The summed E-state index contributed by atoms with van der Waals surface area (Å²) >= 11 is 0. The summed E-state index contributed by atoms with van der Waals surface area (Å²) in [5.74, 6) is -0.653. The molecule has 5 heteroatoms. The number of ether oxygens (including phenoxy) is 1. The average molecular weight is 481 g/mol. The van der Waals surface area contributed by atoms with Crippen molar-refractivity contribution < 1.29 is 22.7 Å². The second-order valence-electron chi connectivity index (χ2n) is 10.6. The van der Waals surface area contributed by atoms with Gasteiger partial charge in [0.2, 0.25) is 0 Å². The van der Waals surface area contributed by atoms with Crippen LogP contribution in [0.3, 0.4) is 0 Å². The normalized spacial score (nSPS) is 17.2. The van der Waals surface area contributed by atoms with Gasteiger partial charge in [-0.1, -0.05) is 64.1 Å². The molecule has 0 aromatic heterocycles. The van der Waals surface area contributed by atoms with E-state index in [9.17, 15) is 18.0 Å². The maximum atomic E-state index is 13.3. The molecule has 0 amide bonds. The van der Waals surface area contributed by atoms with Crippen molar-refractivity contribution in [2.24, 2.45) is 0 Å². The first-order valence-corrected chi connectivity index (χ1v) is 12.0. The maximum Gasteiger partial charge on any atom is 0.416 e. The van der Waals surface area contributed by atoms with Gasteiger partial charge in [-0.3, -0.25) is 0 Å². The van der Waals surface area contributed by atoms with Crippen molar-refractivity contribution in [2.75, 3.05) is 6.61 Å². The average Bonchev–Trinajstić information content (AvgIpc) is 2.79. The van der Waals surface area contributed by atoms with Crippen LogP contribution in [-0.2, 0) is 26.5 Å². The van der Waals surface area contributed by atoms with Gasteiger partial charge in [0.25, 0.3) is 0 Å². The van der Waals surface area contributed by atoms with Gasteiger partial charge in [0.15, 0.2) is 0 Å². The highest BCUT2D eigenvalue weighted by atomic mass is 19.4. The van der Waals surface area contributed by atoms with Gasteiger partial charge < -0.3 is 4.74 Å². The van der Waals surface area contributed by atoms with E-state index < -0.39 is 17.7 Å². The number of carbonyl (C=O) groups is 1. The largest absolute Gasteiger partial charge is 0.462 e. The second-order valence-corrected chi connectivity index (χ2v) is 10.6. The Hall–Kier alpha value is -3.08. The van der Waals surface area contributed by atoms with Crippen molar-refractivity contribution in [1.82, 2.24) is 0 Å². The van der Waals surface area contributed by atoms with E-state index in [1.54, 1.807) is 13.0 Å². The third-order valence-electron chi connectivity index (χ3n) is 7.14. The first kappa shape index (κ1) is 25.0. The van der Waals surface area contributed by atoms with Crippen molar-refractivity contribution in [3.63, 3.8) is 0 Å². The van der Waals surface area contributed by atoms with Crippen molar-refractivity contribution in [2.45, 2.75) is 64.5 Å². The Morgan fingerprint density at radius 1 is 0.914 bits per heavy atom. The molecular formula is C30H31F3O2. The van der Waals surface area contributed by atoms with Crippen molar-refractivity contribution in [3.05, 3.63) is 82.4 Å². The van der Waals surface area contributed by atoms with E-state index in [1.165, 1.54) is 23.3 Å². The van der Waals surface area contributed by atoms with Gasteiger partial charge in [-0.25, -0.2) is 4.79 Å². The summed E-state index contributed by atoms with van der Waals surface area (Å²) in [5.41, 5.74) is 3.03. The quantitative estimate of drug-likeness (QED) is 0.213. The summed E-state index contributed by atoms with van der Waals surface area (Å²) in [6.45, 7) is 10.9. The number of rotatable bonds is 4. The number of hydrogen-bond donors (Lipinski definition) is 0. The number of alkyl halides is 3. The van der Waals surface area contributed by atoms with Crippen LogP contribution in [0.1, 0.15) is 75.3 Å². The van der Waals surface area contributed by atoms with E-state index in [2.05, 4.69) is 39.8 Å². The molecule has 4 rings (SSSR count). The van der Waals surface area contributed by atoms with Crippen LogP contribution in [0.5, 0.6) is 0 Å². The van der Waals surface area contributed by atoms with Crippen LogP contribution in [0.4, 0.5) is 13.2 Å². The number of halogens is 3. The van der Waals surface area contributed by atoms with Gasteiger partial charge in [0, 0.05) is 0 Å². The monoisotopic (exact) mass is 480 g/mol. The molecule has 0 N–H and O–H groups in total. The molecule has 35 heavy (non-hydrogen) atoms. The summed E-state index contributed by atoms with van der Waals surface area (Å²) in [6, 6.07) is 15.2. The number of carbonyl (C=O) groups excluding carboxylic acids is 1. The second kappa shape index (κ2) is 8.85. The molecule has 0 spiro atoms. The fourth-order valence-corrected chi connectivity index (χ4v) is 4.92. The molecule has 0 unspecified atom stereocenters. The molecule has 0 aliphatic heterocycles. The molecule has 0 heterocycles. The van der Waals surface area contributed by atoms with Crippen LogP contribution in [0.25, 0.3) is 22.4 Å². The van der Waals surface area contributed by atoms with Gasteiger partial charge in [0.1, 0.15) is 0 Å². The zero-order valence-corrected chi connectivity index (χ0v) is 20.8. The number of hydrogen-bond acceptors (Lipinski definition) is 2. The van der Waals surface area contributed by atoms with Gasteiger partial charge in [-0.15, -0.1) is 0 Å². The van der Waals surface area contributed by atoms with Crippen molar-refractivity contribution >= 4 is 28.4 Å². The first-order chi connectivity index (χ1) is 16.3. The molecule has 0 saturated heterocycles. The lowest BCUT2D eigenvalue weighted by atomic mass is 9.63. The molecule has 184 valence electrons. The van der Waals surface area contributed by atoms with Crippen LogP contribution in [-0.4, -0.2) is 12.6 Å². The van der Waals surface area contributed by atoms with Gasteiger partial charge >= 0.3 is 12.1 Å². The summed E-state index contributed by atoms with van der Waals surface area (Å²) < 4.78 is 45.1. The van der Waals surface area contributed by atoms with Crippen LogP contribution in [0, 0.1) is 0 Å². The number of benzene rings is 3. The minimum absolute atomic E-state index is 0.0546. The van der Waals surface area contributed by atoms with E-state index in [0.29, 0.717) is 0 Å².